The third kappa shape index (κ3) is 2.21. The van der Waals surface area contributed by atoms with Crippen molar-refractivity contribution in [3.63, 3.8) is 0 Å². The maximum Gasteiger partial charge on any atom is 0.129 e. The fourth-order valence-corrected chi connectivity index (χ4v) is 3.47. The molecule has 0 unspecified atom stereocenters. The minimum absolute atomic E-state index is 0.257. The summed E-state index contributed by atoms with van der Waals surface area (Å²) < 4.78 is 3.23. The van der Waals surface area contributed by atoms with Crippen LogP contribution in [0.5, 0.6) is 0 Å². The van der Waals surface area contributed by atoms with Gasteiger partial charge in [0.2, 0.25) is 0 Å². The maximum atomic E-state index is 6.65. The Morgan fingerprint density at radius 3 is 2.74 bits per heavy atom. The van der Waals surface area contributed by atoms with E-state index < -0.39 is 0 Å². The lowest BCUT2D eigenvalue weighted by Crippen LogP contribution is -2.42. The maximum absolute atomic E-state index is 6.65. The molecule has 0 radical (unpaired) electrons. The molecule has 2 N–H and O–H groups in total. The Morgan fingerprint density at radius 2 is 2.05 bits per heavy atom. The van der Waals surface area contributed by atoms with Gasteiger partial charge in [-0.1, -0.05) is 22.9 Å². The third-order valence-electron chi connectivity index (χ3n) is 4.45. The summed E-state index contributed by atoms with van der Waals surface area (Å²) in [5.74, 6) is 1.83. The van der Waals surface area contributed by atoms with Gasteiger partial charge in [-0.15, -0.1) is 0 Å². The van der Waals surface area contributed by atoms with E-state index >= 15 is 0 Å². The monoisotopic (exact) mass is 321 g/mol. The first-order chi connectivity index (χ1) is 8.99. The Balaban J connectivity index is 2.07. The average Bonchev–Trinajstić information content (AvgIpc) is 2.71. The summed E-state index contributed by atoms with van der Waals surface area (Å²) in [6.45, 7) is 2.31. The van der Waals surface area contributed by atoms with Gasteiger partial charge in [0.1, 0.15) is 5.82 Å². The normalized spacial score (nSPS) is 27.9. The first-order valence-electron chi connectivity index (χ1n) is 6.91. The van der Waals surface area contributed by atoms with Gasteiger partial charge in [-0.25, -0.2) is 4.98 Å². The van der Waals surface area contributed by atoms with E-state index in [4.69, 9.17) is 10.7 Å². The molecule has 1 aromatic heterocycles. The Bertz CT molecular complexity index is 609. The molecule has 1 saturated carbocycles. The molecular formula is C15H20BrN3. The van der Waals surface area contributed by atoms with E-state index in [2.05, 4.69) is 52.7 Å². The molecule has 102 valence electrons. The van der Waals surface area contributed by atoms with Gasteiger partial charge >= 0.3 is 0 Å². The molecule has 0 spiro atoms. The average molecular weight is 322 g/mol. The van der Waals surface area contributed by atoms with Crippen LogP contribution in [-0.4, -0.2) is 9.55 Å². The van der Waals surface area contributed by atoms with Crippen LogP contribution in [0.15, 0.2) is 22.7 Å². The highest BCUT2D eigenvalue weighted by atomic mass is 79.9. The summed E-state index contributed by atoms with van der Waals surface area (Å²) in [7, 11) is 2.07. The van der Waals surface area contributed by atoms with Gasteiger partial charge in [-0.2, -0.15) is 0 Å². The van der Waals surface area contributed by atoms with Crippen LogP contribution in [0.3, 0.4) is 0 Å². The van der Waals surface area contributed by atoms with E-state index in [1.54, 1.807) is 0 Å². The predicted molar refractivity (Wildman–Crippen MR) is 81.9 cm³/mol. The van der Waals surface area contributed by atoms with Gasteiger partial charge < -0.3 is 10.3 Å². The van der Waals surface area contributed by atoms with Crippen LogP contribution < -0.4 is 5.73 Å². The summed E-state index contributed by atoms with van der Waals surface area (Å²) in [4.78, 5) is 4.80. The van der Waals surface area contributed by atoms with Crippen molar-refractivity contribution in [3.05, 3.63) is 28.5 Å². The fourth-order valence-electron chi connectivity index (χ4n) is 3.12. The largest absolute Gasteiger partial charge is 0.330 e. The van der Waals surface area contributed by atoms with Crippen molar-refractivity contribution >= 4 is 27.0 Å². The summed E-state index contributed by atoms with van der Waals surface area (Å²) in [5.41, 5.74) is 8.57. The van der Waals surface area contributed by atoms with Crippen molar-refractivity contribution in [2.45, 2.75) is 38.1 Å². The predicted octanol–water partition coefficient (Wildman–Crippen LogP) is 3.70. The lowest BCUT2D eigenvalue weighted by molar-refractivity contribution is 0.233. The van der Waals surface area contributed by atoms with Crippen LogP contribution in [0.1, 0.15) is 38.4 Å². The second kappa shape index (κ2) is 4.60. The fraction of sp³-hybridized carbons (Fsp3) is 0.533. The number of hydrogen-bond acceptors (Lipinski definition) is 2. The molecular weight excluding hydrogens is 302 g/mol. The molecule has 3 nitrogen and oxygen atoms in total. The van der Waals surface area contributed by atoms with Crippen molar-refractivity contribution in [1.29, 1.82) is 0 Å². The number of fused-ring (bicyclic) bond motifs is 1. The van der Waals surface area contributed by atoms with E-state index in [1.807, 2.05) is 0 Å². The van der Waals surface area contributed by atoms with Gasteiger partial charge in [-0.05, 0) is 49.8 Å². The van der Waals surface area contributed by atoms with E-state index in [1.165, 1.54) is 12.8 Å². The smallest absolute Gasteiger partial charge is 0.129 e. The number of aryl methyl sites for hydroxylation is 1. The van der Waals surface area contributed by atoms with E-state index in [-0.39, 0.29) is 5.54 Å². The van der Waals surface area contributed by atoms with Gasteiger partial charge in [0.05, 0.1) is 16.6 Å². The molecule has 1 aliphatic rings. The number of imidazole rings is 1. The van der Waals surface area contributed by atoms with Gasteiger partial charge in [0.25, 0.3) is 0 Å². The van der Waals surface area contributed by atoms with Crippen molar-refractivity contribution in [2.24, 2.45) is 18.7 Å². The van der Waals surface area contributed by atoms with Crippen LogP contribution in [0, 0.1) is 5.92 Å². The Labute approximate surface area is 122 Å². The quantitative estimate of drug-likeness (QED) is 0.870. The second-order valence-electron chi connectivity index (χ2n) is 5.97. The zero-order valence-corrected chi connectivity index (χ0v) is 13.1. The lowest BCUT2D eigenvalue weighted by atomic mass is 9.77. The highest BCUT2D eigenvalue weighted by molar-refractivity contribution is 9.10. The van der Waals surface area contributed by atoms with Crippen molar-refractivity contribution < 1.29 is 0 Å². The number of benzene rings is 1. The molecule has 2 aromatic rings. The molecule has 3 rings (SSSR count). The number of hydrogen-bond donors (Lipinski definition) is 1. The third-order valence-corrected chi connectivity index (χ3v) is 4.95. The number of nitrogens with two attached hydrogens (primary N) is 1. The zero-order valence-electron chi connectivity index (χ0n) is 11.5. The van der Waals surface area contributed by atoms with Gasteiger partial charge in [0, 0.05) is 11.5 Å². The van der Waals surface area contributed by atoms with Crippen molar-refractivity contribution in [2.75, 3.05) is 0 Å². The minimum Gasteiger partial charge on any atom is -0.330 e. The van der Waals surface area contributed by atoms with Gasteiger partial charge in [-0.3, -0.25) is 0 Å². The SMILES string of the molecule is CC1CCC(N)(c2nc3cc(Br)ccc3n2C)CC1. The summed E-state index contributed by atoms with van der Waals surface area (Å²) in [6.07, 6.45) is 4.46. The molecule has 0 saturated heterocycles. The number of nitrogens with zero attached hydrogens (tertiary/aromatic N) is 2. The standard InChI is InChI=1S/C15H20BrN3/c1-10-5-7-15(17,8-6-10)14-18-12-9-11(16)3-4-13(12)19(14)2/h3-4,9-10H,5-8,17H2,1-2H3. The second-order valence-corrected chi connectivity index (χ2v) is 6.88. The molecule has 0 aliphatic heterocycles. The molecule has 0 amide bonds. The van der Waals surface area contributed by atoms with Crippen LogP contribution in [0.2, 0.25) is 0 Å². The van der Waals surface area contributed by atoms with Crippen molar-refractivity contribution in [1.82, 2.24) is 9.55 Å². The zero-order chi connectivity index (χ0) is 13.6. The number of halogens is 1. The molecule has 1 aromatic carbocycles. The van der Waals surface area contributed by atoms with Crippen LogP contribution in [0.4, 0.5) is 0 Å². The molecule has 4 heteroatoms. The number of aromatic nitrogens is 2. The van der Waals surface area contributed by atoms with Crippen LogP contribution >= 0.6 is 15.9 Å². The molecule has 0 atom stereocenters. The molecule has 1 aliphatic carbocycles. The highest BCUT2D eigenvalue weighted by Crippen LogP contribution is 2.37. The van der Waals surface area contributed by atoms with Crippen LogP contribution in [-0.2, 0) is 12.6 Å². The molecule has 0 bridgehead atoms. The molecule has 19 heavy (non-hydrogen) atoms. The van der Waals surface area contributed by atoms with Crippen LogP contribution in [0.25, 0.3) is 11.0 Å². The molecule has 1 heterocycles. The van der Waals surface area contributed by atoms with Crippen molar-refractivity contribution in [3.8, 4) is 0 Å². The van der Waals surface area contributed by atoms with E-state index in [0.29, 0.717) is 0 Å². The van der Waals surface area contributed by atoms with E-state index in [9.17, 15) is 0 Å². The first-order valence-corrected chi connectivity index (χ1v) is 7.70. The van der Waals surface area contributed by atoms with E-state index in [0.717, 1.165) is 40.1 Å². The lowest BCUT2D eigenvalue weighted by Gasteiger charge is -2.35. The Kier molecular flexibility index (Phi) is 3.18. The molecule has 1 fully saturated rings. The highest BCUT2D eigenvalue weighted by Gasteiger charge is 2.35. The number of rotatable bonds is 1. The first kappa shape index (κ1) is 13.1. The minimum atomic E-state index is -0.257. The topological polar surface area (TPSA) is 43.8 Å². The Hall–Kier alpha value is -0.870. The summed E-state index contributed by atoms with van der Waals surface area (Å²) >= 11 is 3.50. The summed E-state index contributed by atoms with van der Waals surface area (Å²) in [6, 6.07) is 6.22. The Morgan fingerprint density at radius 1 is 1.37 bits per heavy atom. The van der Waals surface area contributed by atoms with Gasteiger partial charge in [0.15, 0.2) is 0 Å². The summed E-state index contributed by atoms with van der Waals surface area (Å²) in [5, 5.41) is 0.